The molecule has 0 saturated heterocycles. The van der Waals surface area contributed by atoms with Crippen molar-refractivity contribution in [3.05, 3.63) is 99.5 Å². The van der Waals surface area contributed by atoms with E-state index in [1.54, 1.807) is 29.2 Å². The zero-order valence-corrected chi connectivity index (χ0v) is 20.7. The second kappa shape index (κ2) is 12.4. The number of carbonyl (C=O) groups is 2. The maximum absolute atomic E-state index is 13.4. The van der Waals surface area contributed by atoms with Crippen molar-refractivity contribution >= 4 is 39.3 Å². The van der Waals surface area contributed by atoms with Gasteiger partial charge in [-0.1, -0.05) is 82.1 Å². The summed E-state index contributed by atoms with van der Waals surface area (Å²) in [6, 6.07) is 23.7. The van der Waals surface area contributed by atoms with E-state index in [2.05, 4.69) is 21.2 Å². The fourth-order valence-corrected chi connectivity index (χ4v) is 4.10. The maximum atomic E-state index is 13.4. The molecule has 0 spiro atoms. The predicted molar refractivity (Wildman–Crippen MR) is 134 cm³/mol. The molecule has 2 amide bonds. The minimum Gasteiger partial charge on any atom is -0.482 e. The number of hydrogen-bond acceptors (Lipinski definition) is 3. The van der Waals surface area contributed by atoms with E-state index in [4.69, 9.17) is 16.3 Å². The number of ether oxygens (including phenoxy) is 1. The topological polar surface area (TPSA) is 58.6 Å². The van der Waals surface area contributed by atoms with Gasteiger partial charge in [-0.25, -0.2) is 0 Å². The highest BCUT2D eigenvalue weighted by atomic mass is 79.9. The van der Waals surface area contributed by atoms with Crippen LogP contribution in [0, 0.1) is 0 Å². The van der Waals surface area contributed by atoms with Crippen LogP contribution in [0.5, 0.6) is 5.75 Å². The van der Waals surface area contributed by atoms with E-state index in [0.717, 1.165) is 15.6 Å². The summed E-state index contributed by atoms with van der Waals surface area (Å²) < 4.78 is 6.62. The lowest BCUT2D eigenvalue weighted by molar-refractivity contribution is -0.142. The van der Waals surface area contributed by atoms with Crippen molar-refractivity contribution in [1.82, 2.24) is 10.2 Å². The van der Waals surface area contributed by atoms with Crippen LogP contribution in [0.25, 0.3) is 0 Å². The quantitative estimate of drug-likeness (QED) is 0.390. The summed E-state index contributed by atoms with van der Waals surface area (Å²) in [5.74, 6) is -0.0861. The minimum atomic E-state index is -0.700. The Bertz CT molecular complexity index is 1080. The van der Waals surface area contributed by atoms with Gasteiger partial charge >= 0.3 is 0 Å². The van der Waals surface area contributed by atoms with Crippen molar-refractivity contribution in [2.75, 3.05) is 13.2 Å². The van der Waals surface area contributed by atoms with Crippen LogP contribution in [0.2, 0.25) is 5.02 Å². The van der Waals surface area contributed by atoms with Crippen molar-refractivity contribution in [2.24, 2.45) is 0 Å². The monoisotopic (exact) mass is 528 g/mol. The summed E-state index contributed by atoms with van der Waals surface area (Å²) in [5.41, 5.74) is 1.87. The Hall–Kier alpha value is -2.83. The molecule has 3 rings (SSSR count). The average Bonchev–Trinajstić information content (AvgIpc) is 2.81. The minimum absolute atomic E-state index is 0.206. The second-order valence-corrected chi connectivity index (χ2v) is 8.79. The Balaban J connectivity index is 1.90. The SMILES string of the molecule is CCNC(=O)C(Cc1ccccc1)N(Cc1cccc(Br)c1)C(=O)COc1ccccc1Cl. The molecule has 0 aliphatic rings. The Morgan fingerprint density at radius 2 is 1.70 bits per heavy atom. The normalized spacial score (nSPS) is 11.5. The van der Waals surface area contributed by atoms with E-state index in [1.165, 1.54) is 0 Å². The number of carbonyl (C=O) groups excluding carboxylic acids is 2. The Labute approximate surface area is 207 Å². The lowest BCUT2D eigenvalue weighted by atomic mass is 10.0. The Kier molecular flexibility index (Phi) is 9.34. The zero-order chi connectivity index (χ0) is 23.6. The summed E-state index contributed by atoms with van der Waals surface area (Å²) in [6.45, 7) is 2.36. The van der Waals surface area contributed by atoms with Crippen molar-refractivity contribution < 1.29 is 14.3 Å². The lowest BCUT2D eigenvalue weighted by Crippen LogP contribution is -2.51. The number of para-hydroxylation sites is 1. The van der Waals surface area contributed by atoms with Crippen molar-refractivity contribution in [1.29, 1.82) is 0 Å². The molecule has 1 unspecified atom stereocenters. The van der Waals surface area contributed by atoms with Crippen LogP contribution in [0.4, 0.5) is 0 Å². The molecule has 7 heteroatoms. The molecule has 0 aliphatic carbocycles. The van der Waals surface area contributed by atoms with E-state index >= 15 is 0 Å². The van der Waals surface area contributed by atoms with Gasteiger partial charge in [-0.15, -0.1) is 0 Å². The van der Waals surface area contributed by atoms with Gasteiger partial charge in [0.15, 0.2) is 6.61 Å². The fourth-order valence-electron chi connectivity index (χ4n) is 3.46. The highest BCUT2D eigenvalue weighted by molar-refractivity contribution is 9.10. The van der Waals surface area contributed by atoms with Crippen LogP contribution in [-0.2, 0) is 22.6 Å². The number of likely N-dealkylation sites (N-methyl/N-ethyl adjacent to an activating group) is 1. The van der Waals surface area contributed by atoms with E-state index in [1.807, 2.05) is 61.5 Å². The van der Waals surface area contributed by atoms with Gasteiger partial charge in [-0.3, -0.25) is 9.59 Å². The van der Waals surface area contributed by atoms with Gasteiger partial charge < -0.3 is 15.0 Å². The number of hydrogen-bond donors (Lipinski definition) is 1. The van der Waals surface area contributed by atoms with Crippen LogP contribution in [0.1, 0.15) is 18.1 Å². The predicted octanol–water partition coefficient (Wildman–Crippen LogP) is 5.26. The number of benzene rings is 3. The molecule has 0 aromatic heterocycles. The smallest absolute Gasteiger partial charge is 0.261 e. The van der Waals surface area contributed by atoms with E-state index in [-0.39, 0.29) is 25.0 Å². The van der Waals surface area contributed by atoms with Gasteiger partial charge in [0.25, 0.3) is 5.91 Å². The fraction of sp³-hybridized carbons (Fsp3) is 0.231. The van der Waals surface area contributed by atoms with Gasteiger partial charge in [0, 0.05) is 24.0 Å². The molecule has 0 saturated carbocycles. The number of halogens is 2. The Morgan fingerprint density at radius 3 is 2.39 bits per heavy atom. The molecular weight excluding hydrogens is 504 g/mol. The highest BCUT2D eigenvalue weighted by Gasteiger charge is 2.30. The number of nitrogens with zero attached hydrogens (tertiary/aromatic N) is 1. The highest BCUT2D eigenvalue weighted by Crippen LogP contribution is 2.24. The standard InChI is InChI=1S/C26H26BrClN2O3/c1-2-29-26(32)23(16-19-9-4-3-5-10-19)30(17-20-11-8-12-21(27)15-20)25(31)18-33-24-14-7-6-13-22(24)28/h3-15,23H,2,16-18H2,1H3,(H,29,32). The largest absolute Gasteiger partial charge is 0.482 e. The van der Waals surface area contributed by atoms with E-state index in [9.17, 15) is 9.59 Å². The van der Waals surface area contributed by atoms with Crippen LogP contribution in [0.15, 0.2) is 83.3 Å². The van der Waals surface area contributed by atoms with Gasteiger partial charge in [0.05, 0.1) is 5.02 Å². The molecule has 0 heterocycles. The number of nitrogens with one attached hydrogen (secondary N) is 1. The molecule has 0 bridgehead atoms. The summed E-state index contributed by atoms with van der Waals surface area (Å²) in [4.78, 5) is 28.1. The molecule has 172 valence electrons. The number of rotatable bonds is 10. The van der Waals surface area contributed by atoms with E-state index < -0.39 is 6.04 Å². The first kappa shape index (κ1) is 24.8. The second-order valence-electron chi connectivity index (χ2n) is 7.47. The van der Waals surface area contributed by atoms with E-state index in [0.29, 0.717) is 23.7 Å². The summed E-state index contributed by atoms with van der Waals surface area (Å²) in [7, 11) is 0. The van der Waals surface area contributed by atoms with Crippen molar-refractivity contribution in [2.45, 2.75) is 25.9 Å². The van der Waals surface area contributed by atoms with Crippen LogP contribution >= 0.6 is 27.5 Å². The van der Waals surface area contributed by atoms with Crippen LogP contribution < -0.4 is 10.1 Å². The maximum Gasteiger partial charge on any atom is 0.261 e. The molecule has 5 nitrogen and oxygen atoms in total. The Morgan fingerprint density at radius 1 is 1.00 bits per heavy atom. The summed E-state index contributed by atoms with van der Waals surface area (Å²) in [5, 5.41) is 3.30. The molecule has 1 atom stereocenters. The zero-order valence-electron chi connectivity index (χ0n) is 18.3. The van der Waals surface area contributed by atoms with Gasteiger partial charge in [0.2, 0.25) is 5.91 Å². The van der Waals surface area contributed by atoms with Gasteiger partial charge in [0.1, 0.15) is 11.8 Å². The number of amides is 2. The lowest BCUT2D eigenvalue weighted by Gasteiger charge is -2.31. The average molecular weight is 530 g/mol. The molecule has 0 aliphatic heterocycles. The summed E-state index contributed by atoms with van der Waals surface area (Å²) in [6.07, 6.45) is 0.387. The molecule has 0 radical (unpaired) electrons. The third-order valence-electron chi connectivity index (χ3n) is 5.05. The van der Waals surface area contributed by atoms with Crippen molar-refractivity contribution in [3.8, 4) is 5.75 Å². The first-order chi connectivity index (χ1) is 16.0. The van der Waals surface area contributed by atoms with Gasteiger partial charge in [-0.05, 0) is 42.3 Å². The molecular formula is C26H26BrClN2O3. The van der Waals surface area contributed by atoms with Crippen molar-refractivity contribution in [3.63, 3.8) is 0 Å². The third-order valence-corrected chi connectivity index (χ3v) is 5.86. The van der Waals surface area contributed by atoms with Crippen LogP contribution in [-0.4, -0.2) is 35.9 Å². The molecule has 1 N–H and O–H groups in total. The first-order valence-electron chi connectivity index (χ1n) is 10.7. The first-order valence-corrected chi connectivity index (χ1v) is 11.9. The van der Waals surface area contributed by atoms with Crippen LogP contribution in [0.3, 0.4) is 0 Å². The molecule has 33 heavy (non-hydrogen) atoms. The molecule has 3 aromatic carbocycles. The summed E-state index contributed by atoms with van der Waals surface area (Å²) >= 11 is 9.66. The van der Waals surface area contributed by atoms with Gasteiger partial charge in [-0.2, -0.15) is 0 Å². The molecule has 0 fully saturated rings. The third kappa shape index (κ3) is 7.34. The molecule has 3 aromatic rings.